The van der Waals surface area contributed by atoms with Crippen molar-refractivity contribution in [3.05, 3.63) is 34.9 Å². The summed E-state index contributed by atoms with van der Waals surface area (Å²) in [6, 6.07) is 4.25. The maximum Gasteiger partial charge on any atom is 0.363 e. The molecule has 3 fully saturated rings. The number of nitrogens with one attached hydrogen (secondary N) is 2. The Labute approximate surface area is 198 Å². The zero-order valence-electron chi connectivity index (χ0n) is 19.3. The van der Waals surface area contributed by atoms with Crippen LogP contribution in [-0.2, 0) is 14.4 Å². The van der Waals surface area contributed by atoms with E-state index in [1.165, 1.54) is 18.2 Å². The molecule has 3 aliphatic rings. The van der Waals surface area contributed by atoms with Crippen molar-refractivity contribution >= 4 is 29.6 Å². The molecule has 2 N–H and O–H groups in total. The van der Waals surface area contributed by atoms with E-state index >= 15 is 0 Å². The lowest BCUT2D eigenvalue weighted by molar-refractivity contribution is -0.172. The molecular weight excluding hydrogens is 438 g/mol. The van der Waals surface area contributed by atoms with E-state index in [0.717, 1.165) is 64.2 Å². The molecule has 1 heterocycles. The fraction of sp³-hybridized carbons (Fsp3) is 0.560. The summed E-state index contributed by atoms with van der Waals surface area (Å²) in [6.07, 6.45) is 9.99. The van der Waals surface area contributed by atoms with Gasteiger partial charge in [0.2, 0.25) is 0 Å². The number of rotatable bonds is 6. The van der Waals surface area contributed by atoms with Crippen LogP contribution in [0.3, 0.4) is 0 Å². The molecule has 0 bridgehead atoms. The number of carbonyl (C=O) groups is 5. The molecule has 0 atom stereocenters. The van der Waals surface area contributed by atoms with Crippen molar-refractivity contribution < 1.29 is 28.8 Å². The third-order valence-electron chi connectivity index (χ3n) is 6.75. The van der Waals surface area contributed by atoms with Crippen LogP contribution >= 0.6 is 0 Å². The molecule has 4 rings (SSSR count). The fourth-order valence-electron chi connectivity index (χ4n) is 4.83. The molecule has 1 aromatic carbocycles. The first kappa shape index (κ1) is 23.9. The van der Waals surface area contributed by atoms with Crippen LogP contribution < -0.4 is 10.6 Å². The number of hydrogen-bond donors (Lipinski definition) is 2. The molecule has 2 saturated carbocycles. The van der Waals surface area contributed by atoms with Crippen LogP contribution in [-0.4, -0.2) is 46.7 Å². The molecule has 34 heavy (non-hydrogen) atoms. The zero-order valence-corrected chi connectivity index (χ0v) is 19.3. The van der Waals surface area contributed by atoms with Gasteiger partial charge in [-0.3, -0.25) is 19.2 Å². The Morgan fingerprint density at radius 3 is 1.53 bits per heavy atom. The third kappa shape index (κ3) is 5.81. The van der Waals surface area contributed by atoms with Gasteiger partial charge in [-0.05, 0) is 43.9 Å². The summed E-state index contributed by atoms with van der Waals surface area (Å²) in [5.41, 5.74) is 0.248. The van der Waals surface area contributed by atoms with Crippen molar-refractivity contribution in [3.63, 3.8) is 0 Å². The monoisotopic (exact) mass is 469 g/mol. The Balaban J connectivity index is 1.56. The van der Waals surface area contributed by atoms with Crippen molar-refractivity contribution in [2.24, 2.45) is 0 Å². The average molecular weight is 470 g/mol. The quantitative estimate of drug-likeness (QED) is 0.618. The van der Waals surface area contributed by atoms with Gasteiger partial charge in [0.1, 0.15) is 0 Å². The van der Waals surface area contributed by atoms with Gasteiger partial charge in [-0.2, -0.15) is 0 Å². The van der Waals surface area contributed by atoms with Gasteiger partial charge in [0, 0.05) is 36.1 Å². The van der Waals surface area contributed by atoms with E-state index in [9.17, 15) is 24.0 Å². The minimum atomic E-state index is -0.970. The Hall–Kier alpha value is -3.23. The van der Waals surface area contributed by atoms with Crippen LogP contribution in [0.15, 0.2) is 18.2 Å². The van der Waals surface area contributed by atoms with Crippen molar-refractivity contribution in [1.82, 2.24) is 15.7 Å². The standard InChI is InChI=1S/C25H31N3O6/c29-21-11-12-22(30)28(21)34-25(33)18-14-16(23(31)26-19-7-3-1-4-8-19)13-17(15-18)24(32)27-20-9-5-2-6-10-20/h13-15,19-20H,1-12H2,(H,26,31)(H,27,32). The van der Waals surface area contributed by atoms with Crippen LogP contribution in [0.5, 0.6) is 0 Å². The average Bonchev–Trinajstić information content (AvgIpc) is 3.17. The SMILES string of the molecule is O=C(NC1CCCCC1)c1cc(C(=O)NC2CCCCC2)cc(C(=O)ON2C(=O)CCC2=O)c1. The number of carbonyl (C=O) groups excluding carboxylic acids is 5. The van der Waals surface area contributed by atoms with Crippen molar-refractivity contribution in [2.45, 2.75) is 89.1 Å². The lowest BCUT2D eigenvalue weighted by atomic mass is 9.94. The molecule has 4 amide bonds. The van der Waals surface area contributed by atoms with Gasteiger partial charge in [0.15, 0.2) is 0 Å². The maximum absolute atomic E-state index is 13.0. The largest absolute Gasteiger partial charge is 0.363 e. The first-order chi connectivity index (χ1) is 16.4. The number of amides is 4. The van der Waals surface area contributed by atoms with Crippen LogP contribution in [0.4, 0.5) is 0 Å². The molecular formula is C25H31N3O6. The second-order valence-electron chi connectivity index (χ2n) is 9.38. The summed E-state index contributed by atoms with van der Waals surface area (Å²) in [5.74, 6) is -2.91. The Bertz CT molecular complexity index is 913. The Morgan fingerprint density at radius 1 is 0.676 bits per heavy atom. The van der Waals surface area contributed by atoms with Gasteiger partial charge < -0.3 is 15.5 Å². The van der Waals surface area contributed by atoms with Gasteiger partial charge in [0.25, 0.3) is 23.6 Å². The molecule has 9 heteroatoms. The third-order valence-corrected chi connectivity index (χ3v) is 6.75. The summed E-state index contributed by atoms with van der Waals surface area (Å²) < 4.78 is 0. The second-order valence-corrected chi connectivity index (χ2v) is 9.38. The molecule has 182 valence electrons. The second kappa shape index (κ2) is 10.8. The summed E-state index contributed by atoms with van der Waals surface area (Å²) in [6.45, 7) is 0. The van der Waals surface area contributed by atoms with Gasteiger partial charge in [-0.25, -0.2) is 4.79 Å². The lowest BCUT2D eigenvalue weighted by Gasteiger charge is -2.24. The van der Waals surface area contributed by atoms with Gasteiger partial charge in [-0.1, -0.05) is 38.5 Å². The van der Waals surface area contributed by atoms with E-state index in [0.29, 0.717) is 5.06 Å². The molecule has 1 aliphatic heterocycles. The van der Waals surface area contributed by atoms with Crippen LogP contribution in [0, 0.1) is 0 Å². The van der Waals surface area contributed by atoms with E-state index in [2.05, 4.69) is 10.6 Å². The predicted molar refractivity (Wildman–Crippen MR) is 122 cm³/mol. The topological polar surface area (TPSA) is 122 Å². The van der Waals surface area contributed by atoms with E-state index in [4.69, 9.17) is 4.84 Å². The summed E-state index contributed by atoms with van der Waals surface area (Å²) >= 11 is 0. The molecule has 0 spiro atoms. The number of nitrogens with zero attached hydrogens (tertiary/aromatic N) is 1. The van der Waals surface area contributed by atoms with Crippen LogP contribution in [0.2, 0.25) is 0 Å². The highest BCUT2D eigenvalue weighted by Crippen LogP contribution is 2.21. The highest BCUT2D eigenvalue weighted by molar-refractivity contribution is 6.05. The maximum atomic E-state index is 13.0. The highest BCUT2D eigenvalue weighted by atomic mass is 16.7. The van der Waals surface area contributed by atoms with E-state index in [1.54, 1.807) is 0 Å². The van der Waals surface area contributed by atoms with Crippen molar-refractivity contribution in [1.29, 1.82) is 0 Å². The summed E-state index contributed by atoms with van der Waals surface area (Å²) in [4.78, 5) is 67.5. The van der Waals surface area contributed by atoms with Crippen molar-refractivity contribution in [3.8, 4) is 0 Å². The normalized spacial score (nSPS) is 19.7. The summed E-state index contributed by atoms with van der Waals surface area (Å²) in [5, 5.41) is 6.45. The van der Waals surface area contributed by atoms with E-state index in [1.807, 2.05) is 0 Å². The first-order valence-electron chi connectivity index (χ1n) is 12.3. The minimum absolute atomic E-state index is 0.0228. The minimum Gasteiger partial charge on any atom is -0.349 e. The first-order valence-corrected chi connectivity index (χ1v) is 12.3. The molecule has 0 radical (unpaired) electrons. The molecule has 1 saturated heterocycles. The molecule has 1 aromatic rings. The number of hydrogen-bond acceptors (Lipinski definition) is 6. The van der Waals surface area contributed by atoms with E-state index in [-0.39, 0.29) is 53.4 Å². The highest BCUT2D eigenvalue weighted by Gasteiger charge is 2.33. The number of benzene rings is 1. The van der Waals surface area contributed by atoms with E-state index < -0.39 is 17.8 Å². The molecule has 0 aromatic heterocycles. The molecule has 9 nitrogen and oxygen atoms in total. The van der Waals surface area contributed by atoms with Crippen LogP contribution in [0.1, 0.15) is 108 Å². The molecule has 2 aliphatic carbocycles. The van der Waals surface area contributed by atoms with Crippen molar-refractivity contribution in [2.75, 3.05) is 0 Å². The fourth-order valence-corrected chi connectivity index (χ4v) is 4.83. The smallest absolute Gasteiger partial charge is 0.349 e. The predicted octanol–water partition coefficient (Wildman–Crippen LogP) is 3.03. The van der Waals surface area contributed by atoms with Gasteiger partial charge in [-0.15, -0.1) is 5.06 Å². The Kier molecular flexibility index (Phi) is 7.59. The number of hydroxylamine groups is 2. The van der Waals surface area contributed by atoms with Crippen LogP contribution in [0.25, 0.3) is 0 Å². The molecule has 0 unspecified atom stereocenters. The van der Waals surface area contributed by atoms with Gasteiger partial charge >= 0.3 is 5.97 Å². The lowest BCUT2D eigenvalue weighted by Crippen LogP contribution is -2.38. The van der Waals surface area contributed by atoms with Gasteiger partial charge in [0.05, 0.1) is 5.56 Å². The Morgan fingerprint density at radius 2 is 1.09 bits per heavy atom. The number of imide groups is 1. The zero-order chi connectivity index (χ0) is 24.1. The summed E-state index contributed by atoms with van der Waals surface area (Å²) in [7, 11) is 0.